The quantitative estimate of drug-likeness (QED) is 0.473. The van der Waals surface area contributed by atoms with Crippen molar-refractivity contribution in [2.75, 3.05) is 11.5 Å². The van der Waals surface area contributed by atoms with Crippen LogP contribution in [0.4, 0.5) is 0 Å². The maximum Gasteiger partial charge on any atom is 0.313 e. The molecule has 1 aliphatic carbocycles. The molecule has 6 heteroatoms. The first kappa shape index (κ1) is 21.8. The largest absolute Gasteiger partial charge is 0.481 e. The molecule has 0 aromatic carbocycles. The minimum atomic E-state index is -0.792. The number of carboxylic acids is 1. The van der Waals surface area contributed by atoms with Crippen molar-refractivity contribution in [3.63, 3.8) is 0 Å². The molecule has 5 nitrogen and oxygen atoms in total. The molecule has 0 aliphatic heterocycles. The Kier molecular flexibility index (Phi) is 8.04. The zero-order valence-electron chi connectivity index (χ0n) is 17.4. The summed E-state index contributed by atoms with van der Waals surface area (Å²) in [6, 6.07) is 3.90. The molecule has 0 radical (unpaired) electrons. The van der Waals surface area contributed by atoms with Crippen LogP contribution in [0.25, 0.3) is 6.08 Å². The molecular weight excluding hydrogens is 386 g/mol. The molecule has 2 aromatic rings. The smallest absolute Gasteiger partial charge is 0.313 e. The molecule has 1 fully saturated rings. The first-order valence-electron chi connectivity index (χ1n) is 10.6. The highest BCUT2D eigenvalue weighted by Crippen LogP contribution is 2.37. The van der Waals surface area contributed by atoms with E-state index in [4.69, 9.17) is 18.9 Å². The van der Waals surface area contributed by atoms with Crippen molar-refractivity contribution in [2.24, 2.45) is 5.92 Å². The maximum absolute atomic E-state index is 10.5. The SMILES string of the molecule is CCCC1CCC(c2nc(Cc3ccc(/C=C/CSCC(=O)O)o3)c(C)o2)CC1. The van der Waals surface area contributed by atoms with Crippen molar-refractivity contribution in [3.8, 4) is 0 Å². The van der Waals surface area contributed by atoms with Crippen LogP contribution in [0.3, 0.4) is 0 Å². The number of aliphatic carboxylic acids is 1. The standard InChI is InChI=1S/C23H31NO4S/c1-3-5-17-7-9-18(10-8-17)23-24-21(16(2)27-23)14-20-12-11-19(28-20)6-4-13-29-15-22(25)26/h4,6,11-12,17-18H,3,5,7-10,13-15H2,1-2H3,(H,25,26)/b6-4+. The highest BCUT2D eigenvalue weighted by molar-refractivity contribution is 8.00. The first-order chi connectivity index (χ1) is 14.0. The number of rotatable bonds is 10. The molecule has 0 unspecified atom stereocenters. The Labute approximate surface area is 177 Å². The van der Waals surface area contributed by atoms with Gasteiger partial charge in [0.05, 0.1) is 17.9 Å². The number of furan rings is 1. The van der Waals surface area contributed by atoms with E-state index in [-0.39, 0.29) is 5.75 Å². The lowest BCUT2D eigenvalue weighted by atomic mass is 9.80. The van der Waals surface area contributed by atoms with E-state index in [1.54, 1.807) is 0 Å². The molecule has 3 rings (SSSR count). The van der Waals surface area contributed by atoms with Gasteiger partial charge in [0.15, 0.2) is 5.89 Å². The van der Waals surface area contributed by atoms with Crippen molar-refractivity contribution in [1.29, 1.82) is 0 Å². The van der Waals surface area contributed by atoms with Crippen LogP contribution in [0.15, 0.2) is 27.0 Å². The molecule has 29 heavy (non-hydrogen) atoms. The molecule has 158 valence electrons. The first-order valence-corrected chi connectivity index (χ1v) is 11.7. The lowest BCUT2D eigenvalue weighted by molar-refractivity contribution is -0.133. The lowest BCUT2D eigenvalue weighted by Gasteiger charge is -2.26. The fourth-order valence-electron chi connectivity index (χ4n) is 4.02. The number of carbonyl (C=O) groups is 1. The summed E-state index contributed by atoms with van der Waals surface area (Å²) in [5.74, 6) is 4.71. The van der Waals surface area contributed by atoms with E-state index in [1.807, 2.05) is 31.2 Å². The Morgan fingerprint density at radius 3 is 2.79 bits per heavy atom. The average Bonchev–Trinajstić information content (AvgIpc) is 3.29. The Bertz CT molecular complexity index is 815. The number of thioether (sulfide) groups is 1. The van der Waals surface area contributed by atoms with E-state index in [2.05, 4.69) is 6.92 Å². The summed E-state index contributed by atoms with van der Waals surface area (Å²) in [5, 5.41) is 8.64. The Morgan fingerprint density at radius 1 is 1.28 bits per heavy atom. The van der Waals surface area contributed by atoms with Gasteiger partial charge >= 0.3 is 5.97 Å². The molecule has 1 N–H and O–H groups in total. The van der Waals surface area contributed by atoms with Gasteiger partial charge in [-0.1, -0.05) is 25.8 Å². The summed E-state index contributed by atoms with van der Waals surface area (Å²) in [7, 11) is 0. The third kappa shape index (κ3) is 6.53. The van der Waals surface area contributed by atoms with Gasteiger partial charge in [-0.2, -0.15) is 0 Å². The zero-order valence-corrected chi connectivity index (χ0v) is 18.2. The maximum atomic E-state index is 10.5. The summed E-state index contributed by atoms with van der Waals surface area (Å²) >= 11 is 1.36. The van der Waals surface area contributed by atoms with Crippen molar-refractivity contribution in [3.05, 3.63) is 47.1 Å². The Morgan fingerprint density at radius 2 is 2.07 bits per heavy atom. The van der Waals surface area contributed by atoms with Crippen LogP contribution in [-0.2, 0) is 11.2 Å². The highest BCUT2D eigenvalue weighted by Gasteiger charge is 2.26. The van der Waals surface area contributed by atoms with Crippen molar-refractivity contribution in [2.45, 2.75) is 64.7 Å². The molecule has 0 bridgehead atoms. The summed E-state index contributed by atoms with van der Waals surface area (Å²) in [6.45, 7) is 4.25. The highest BCUT2D eigenvalue weighted by atomic mass is 32.2. The number of aromatic nitrogens is 1. The van der Waals surface area contributed by atoms with E-state index in [0.29, 0.717) is 18.1 Å². The van der Waals surface area contributed by atoms with Gasteiger partial charge in [0.2, 0.25) is 0 Å². The molecular formula is C23H31NO4S. The van der Waals surface area contributed by atoms with Crippen LogP contribution in [0.5, 0.6) is 0 Å². The van der Waals surface area contributed by atoms with Crippen LogP contribution in [-0.4, -0.2) is 27.6 Å². The summed E-state index contributed by atoms with van der Waals surface area (Å²) in [6.07, 6.45) is 12.0. The average molecular weight is 418 g/mol. The monoisotopic (exact) mass is 417 g/mol. The van der Waals surface area contributed by atoms with E-state index in [0.717, 1.165) is 34.8 Å². The van der Waals surface area contributed by atoms with Gasteiger partial charge in [-0.25, -0.2) is 4.98 Å². The minimum absolute atomic E-state index is 0.113. The Balaban J connectivity index is 1.53. The van der Waals surface area contributed by atoms with Gasteiger partial charge < -0.3 is 13.9 Å². The Hall–Kier alpha value is -1.95. The normalized spacial score (nSPS) is 19.8. The predicted molar refractivity (Wildman–Crippen MR) is 116 cm³/mol. The van der Waals surface area contributed by atoms with Crippen molar-refractivity contribution < 1.29 is 18.7 Å². The number of oxazole rings is 1. The molecule has 0 atom stereocenters. The molecule has 1 saturated carbocycles. The second-order valence-corrected chi connectivity index (χ2v) is 8.88. The summed E-state index contributed by atoms with van der Waals surface area (Å²) in [4.78, 5) is 15.3. The fraction of sp³-hybridized carbons (Fsp3) is 0.565. The van der Waals surface area contributed by atoms with Crippen LogP contribution in [0.2, 0.25) is 0 Å². The number of carboxylic acid groups (broad SMARTS) is 1. The molecule has 2 aromatic heterocycles. The summed E-state index contributed by atoms with van der Waals surface area (Å²) < 4.78 is 11.9. The third-order valence-electron chi connectivity index (χ3n) is 5.55. The fourth-order valence-corrected chi connectivity index (χ4v) is 4.54. The van der Waals surface area contributed by atoms with Gasteiger partial charge in [-0.05, 0) is 56.7 Å². The van der Waals surface area contributed by atoms with Crippen LogP contribution in [0, 0.1) is 12.8 Å². The van der Waals surface area contributed by atoms with E-state index in [9.17, 15) is 4.79 Å². The zero-order chi connectivity index (χ0) is 20.6. The second-order valence-electron chi connectivity index (χ2n) is 7.85. The van der Waals surface area contributed by atoms with Gasteiger partial charge in [0.1, 0.15) is 17.3 Å². The van der Waals surface area contributed by atoms with E-state index >= 15 is 0 Å². The molecule has 0 amide bonds. The predicted octanol–water partition coefficient (Wildman–Crippen LogP) is 6.07. The number of hydrogen-bond acceptors (Lipinski definition) is 5. The number of aryl methyl sites for hydroxylation is 1. The second kappa shape index (κ2) is 10.7. The van der Waals surface area contributed by atoms with Gasteiger partial charge in [0.25, 0.3) is 0 Å². The lowest BCUT2D eigenvalue weighted by Crippen LogP contribution is -2.13. The molecule has 0 saturated heterocycles. The number of nitrogens with zero attached hydrogens (tertiary/aromatic N) is 1. The van der Waals surface area contributed by atoms with Crippen LogP contribution < -0.4 is 0 Å². The molecule has 0 spiro atoms. The van der Waals surface area contributed by atoms with Gasteiger partial charge in [-0.3, -0.25) is 4.79 Å². The minimum Gasteiger partial charge on any atom is -0.481 e. The molecule has 2 heterocycles. The van der Waals surface area contributed by atoms with Gasteiger partial charge in [0, 0.05) is 11.7 Å². The number of hydrogen-bond donors (Lipinski definition) is 1. The van der Waals surface area contributed by atoms with Crippen LogP contribution >= 0.6 is 11.8 Å². The topological polar surface area (TPSA) is 76.5 Å². The molecule has 1 aliphatic rings. The summed E-state index contributed by atoms with van der Waals surface area (Å²) in [5.41, 5.74) is 0.956. The van der Waals surface area contributed by atoms with Crippen LogP contribution in [0.1, 0.15) is 80.2 Å². The van der Waals surface area contributed by atoms with E-state index in [1.165, 1.54) is 50.3 Å². The van der Waals surface area contributed by atoms with Gasteiger partial charge in [-0.15, -0.1) is 11.8 Å². The third-order valence-corrected chi connectivity index (χ3v) is 6.43. The van der Waals surface area contributed by atoms with Crippen molar-refractivity contribution >= 4 is 23.8 Å². The van der Waals surface area contributed by atoms with E-state index < -0.39 is 5.97 Å². The van der Waals surface area contributed by atoms with Crippen molar-refractivity contribution in [1.82, 2.24) is 4.98 Å².